The quantitative estimate of drug-likeness (QED) is 0.264. The molecule has 0 radical (unpaired) electrons. The second-order valence-electron chi connectivity index (χ2n) is 4.37. The average Bonchev–Trinajstić information content (AvgIpc) is 2.16. The van der Waals surface area contributed by atoms with Gasteiger partial charge in [0.1, 0.15) is 0 Å². The van der Waals surface area contributed by atoms with Crippen LogP contribution < -0.4 is 32.4 Å². The lowest BCUT2D eigenvalue weighted by Crippen LogP contribution is -2.93. The van der Waals surface area contributed by atoms with Crippen molar-refractivity contribution in [2.45, 2.75) is 17.0 Å². The highest BCUT2D eigenvalue weighted by molar-refractivity contribution is 7.04. The molecule has 0 spiro atoms. The van der Waals surface area contributed by atoms with Gasteiger partial charge in [0.05, 0.1) is 0 Å². The molecule has 0 saturated carbocycles. The van der Waals surface area contributed by atoms with Crippen LogP contribution in [0.15, 0.2) is 0 Å². The first-order valence-corrected chi connectivity index (χ1v) is 16.8. The van der Waals surface area contributed by atoms with E-state index in [2.05, 4.69) is 0 Å². The first-order valence-electron chi connectivity index (χ1n) is 5.58. The van der Waals surface area contributed by atoms with Gasteiger partial charge in [0.2, 0.25) is 0 Å². The Morgan fingerprint density at radius 2 is 0.812 bits per heavy atom. The first-order chi connectivity index (χ1) is 7.05. The molecule has 0 unspecified atom stereocenters. The summed E-state index contributed by atoms with van der Waals surface area (Å²) in [5.41, 5.74) is 2.42. The molecule has 0 fully saturated rings. The molecule has 16 heavy (non-hydrogen) atoms. The van der Waals surface area contributed by atoms with Crippen LogP contribution in [0.1, 0.15) is 0 Å². The number of rotatable bonds is 6. The van der Waals surface area contributed by atoms with Crippen molar-refractivity contribution in [3.63, 3.8) is 0 Å². The van der Waals surface area contributed by atoms with Crippen molar-refractivity contribution in [1.82, 2.24) is 3.90 Å². The van der Waals surface area contributed by atoms with Crippen LogP contribution in [-0.4, -0.2) is 60.3 Å². The lowest BCUT2D eigenvalue weighted by molar-refractivity contribution is 0.824. The van der Waals surface area contributed by atoms with Crippen molar-refractivity contribution in [3.8, 4) is 0 Å². The van der Waals surface area contributed by atoms with E-state index in [1.807, 2.05) is 3.90 Å². The summed E-state index contributed by atoms with van der Waals surface area (Å²) < 4.78 is 1.92. The molecule has 0 aliphatic rings. The van der Waals surface area contributed by atoms with Gasteiger partial charge in [-0.05, 0) is 17.0 Å². The van der Waals surface area contributed by atoms with E-state index in [0.717, 1.165) is 47.7 Å². The molecule has 7 nitrogen and oxygen atoms in total. The molecule has 98 valence electrons. The monoisotopic (exact) mass is 329 g/mol. The average molecular weight is 330 g/mol. The SMILES string of the molecule is N[Si](N)(C[SiH3])N([Si](N)(N)C[SiH3])[Si](N)(N)C[SiH3]. The Morgan fingerprint density at radius 1 is 0.625 bits per heavy atom. The van der Waals surface area contributed by atoms with E-state index in [-0.39, 0.29) is 0 Å². The van der Waals surface area contributed by atoms with Crippen LogP contribution in [0.4, 0.5) is 0 Å². The molecule has 0 aliphatic carbocycles. The molecular weight excluding hydrogens is 303 g/mol. The van der Waals surface area contributed by atoms with E-state index >= 15 is 0 Å². The zero-order valence-electron chi connectivity index (χ0n) is 10.5. The maximum absolute atomic E-state index is 6.24. The zero-order chi connectivity index (χ0) is 13.2. The van der Waals surface area contributed by atoms with Crippen LogP contribution in [0.25, 0.3) is 0 Å². The molecule has 0 heterocycles. The molecular formula is C3H27N7Si6. The summed E-state index contributed by atoms with van der Waals surface area (Å²) in [4.78, 5) is 0. The van der Waals surface area contributed by atoms with E-state index in [1.165, 1.54) is 0 Å². The van der Waals surface area contributed by atoms with E-state index in [4.69, 9.17) is 32.4 Å². The Kier molecular flexibility index (Phi) is 6.14. The highest BCUT2D eigenvalue weighted by Gasteiger charge is 2.52. The Hall–Kier alpha value is 1.02. The second kappa shape index (κ2) is 5.77. The van der Waals surface area contributed by atoms with Crippen molar-refractivity contribution in [3.05, 3.63) is 0 Å². The van der Waals surface area contributed by atoms with E-state index in [0.29, 0.717) is 0 Å². The number of nitrogens with zero attached hydrogens (tertiary/aromatic N) is 1. The van der Waals surface area contributed by atoms with E-state index < -0.39 is 25.7 Å². The Labute approximate surface area is 110 Å². The van der Waals surface area contributed by atoms with Gasteiger partial charge in [0.15, 0.2) is 0 Å². The van der Waals surface area contributed by atoms with E-state index in [1.54, 1.807) is 0 Å². The minimum absolute atomic E-state index is 0.808. The number of hydrogen-bond acceptors (Lipinski definition) is 7. The van der Waals surface area contributed by atoms with Gasteiger partial charge in [-0.2, -0.15) is 0 Å². The normalized spacial score (nSPS) is 15.2. The minimum atomic E-state index is -2.56. The molecule has 0 amide bonds. The zero-order valence-corrected chi connectivity index (χ0v) is 19.5. The molecule has 0 saturated heterocycles. The third kappa shape index (κ3) is 3.76. The molecule has 13 heteroatoms. The molecule has 0 aromatic heterocycles. The van der Waals surface area contributed by atoms with Gasteiger partial charge in [-0.3, -0.25) is 3.90 Å². The predicted octanol–water partition coefficient (Wildman–Crippen LogP) is -7.17. The van der Waals surface area contributed by atoms with Crippen LogP contribution in [0.2, 0.25) is 17.0 Å². The highest BCUT2D eigenvalue weighted by atomic mass is 28.5. The highest BCUT2D eigenvalue weighted by Crippen LogP contribution is 2.14. The van der Waals surface area contributed by atoms with Crippen molar-refractivity contribution >= 4 is 56.4 Å². The second-order valence-corrected chi connectivity index (χ2v) is 21.5. The summed E-state index contributed by atoms with van der Waals surface area (Å²) in [6.07, 6.45) is 0. The Balaban J connectivity index is 5.40. The van der Waals surface area contributed by atoms with Crippen molar-refractivity contribution in [2.75, 3.05) is 0 Å². The van der Waals surface area contributed by atoms with E-state index in [9.17, 15) is 0 Å². The minimum Gasteiger partial charge on any atom is -0.328 e. The van der Waals surface area contributed by atoms with Gasteiger partial charge < -0.3 is 32.4 Å². The van der Waals surface area contributed by atoms with Gasteiger partial charge in [-0.1, -0.05) is 0 Å². The third-order valence-corrected chi connectivity index (χ3v) is 26.5. The molecule has 0 atom stereocenters. The number of nitrogens with two attached hydrogens (primary N) is 6. The molecule has 12 N–H and O–H groups in total. The summed E-state index contributed by atoms with van der Waals surface area (Å²) in [7, 11) is -4.87. The lowest BCUT2D eigenvalue weighted by Gasteiger charge is -2.50. The fourth-order valence-electron chi connectivity index (χ4n) is 1.64. The molecule has 0 aromatic carbocycles. The van der Waals surface area contributed by atoms with Crippen molar-refractivity contribution in [1.29, 1.82) is 0 Å². The summed E-state index contributed by atoms with van der Waals surface area (Å²) in [5, 5.41) is 37.4. The van der Waals surface area contributed by atoms with Crippen molar-refractivity contribution in [2.24, 2.45) is 32.4 Å². The van der Waals surface area contributed by atoms with Gasteiger partial charge in [-0.15, -0.1) is 0 Å². The smallest absolute Gasteiger partial charge is 0.265 e. The van der Waals surface area contributed by atoms with Gasteiger partial charge in [-0.25, -0.2) is 0 Å². The maximum atomic E-state index is 6.24. The Bertz CT molecular complexity index is 194. The molecule has 0 rings (SSSR count). The lowest BCUT2D eigenvalue weighted by atomic mass is 11.9. The third-order valence-electron chi connectivity index (χ3n) is 2.95. The largest absolute Gasteiger partial charge is 0.328 e. The van der Waals surface area contributed by atoms with Crippen LogP contribution in [0.5, 0.6) is 0 Å². The van der Waals surface area contributed by atoms with Crippen LogP contribution in [-0.2, 0) is 0 Å². The number of hydrogen-bond donors (Lipinski definition) is 6. The molecule has 0 bridgehead atoms. The predicted molar refractivity (Wildman–Crippen MR) is 88.5 cm³/mol. The fourth-order valence-corrected chi connectivity index (χ4v) is 23.3. The summed E-state index contributed by atoms with van der Waals surface area (Å²) in [6, 6.07) is 0. The summed E-state index contributed by atoms with van der Waals surface area (Å²) >= 11 is 0. The first kappa shape index (κ1) is 17.0. The standard InChI is InChI=1S/C3H27N7Si6/c4-14(5,1-11)10(15(6,7)2-12)16(8,9)3-13/h1-9H2,11-13H3. The summed E-state index contributed by atoms with van der Waals surface area (Å²) in [6.45, 7) is 0. The van der Waals surface area contributed by atoms with Crippen LogP contribution >= 0.6 is 0 Å². The van der Waals surface area contributed by atoms with Crippen molar-refractivity contribution < 1.29 is 0 Å². The molecule has 0 aromatic rings. The van der Waals surface area contributed by atoms with Gasteiger partial charge >= 0.3 is 0 Å². The van der Waals surface area contributed by atoms with Crippen LogP contribution in [0, 0.1) is 0 Å². The topological polar surface area (TPSA) is 159 Å². The van der Waals surface area contributed by atoms with Gasteiger partial charge in [0.25, 0.3) is 25.7 Å². The molecule has 0 aliphatic heterocycles. The summed E-state index contributed by atoms with van der Waals surface area (Å²) in [5.74, 6) is 0. The van der Waals surface area contributed by atoms with Gasteiger partial charge in [0, 0.05) is 30.7 Å². The maximum Gasteiger partial charge on any atom is 0.265 e. The van der Waals surface area contributed by atoms with Crippen LogP contribution in [0.3, 0.4) is 0 Å². The fraction of sp³-hybridized carbons (Fsp3) is 1.00. The Morgan fingerprint density at radius 3 is 0.938 bits per heavy atom.